The standard InChI is InChI=1S/C18H18Cl2N4O3S/c1-11-3-6-16(26-2)15(7-11)24-18(21-22-23-24)28-10-13(25)9-27-17-8-12(19)4-5-14(17)20/h3-8,13,25H,9-10H2,1-2H3/t13-/m1/s1. The number of tetrazole rings is 1. The minimum Gasteiger partial charge on any atom is -0.494 e. The minimum atomic E-state index is -0.760. The van der Waals surface area contributed by atoms with Crippen molar-refractivity contribution >= 4 is 35.0 Å². The van der Waals surface area contributed by atoms with Gasteiger partial charge in [0.2, 0.25) is 5.16 Å². The molecule has 0 aliphatic heterocycles. The van der Waals surface area contributed by atoms with Gasteiger partial charge in [-0.1, -0.05) is 41.0 Å². The van der Waals surface area contributed by atoms with Crippen LogP contribution in [0.15, 0.2) is 41.6 Å². The van der Waals surface area contributed by atoms with Crippen LogP contribution in [-0.4, -0.2) is 50.9 Å². The SMILES string of the molecule is COc1ccc(C)cc1-n1nnnc1SC[C@H](O)COc1cc(Cl)ccc1Cl. The molecule has 28 heavy (non-hydrogen) atoms. The summed E-state index contributed by atoms with van der Waals surface area (Å²) in [6.07, 6.45) is -0.760. The first-order valence-corrected chi connectivity index (χ1v) is 10.0. The molecular formula is C18H18Cl2N4O3S. The van der Waals surface area contributed by atoms with Gasteiger partial charge in [-0.15, -0.1) is 5.10 Å². The fourth-order valence-electron chi connectivity index (χ4n) is 2.38. The highest BCUT2D eigenvalue weighted by Crippen LogP contribution is 2.29. The molecular weight excluding hydrogens is 423 g/mol. The van der Waals surface area contributed by atoms with Gasteiger partial charge in [-0.3, -0.25) is 0 Å². The van der Waals surface area contributed by atoms with Crippen LogP contribution >= 0.6 is 35.0 Å². The Kier molecular flexibility index (Phi) is 7.01. The van der Waals surface area contributed by atoms with Crippen molar-refractivity contribution in [1.29, 1.82) is 0 Å². The number of aromatic nitrogens is 4. The number of nitrogens with zero attached hydrogens (tertiary/aromatic N) is 4. The van der Waals surface area contributed by atoms with Crippen LogP contribution in [-0.2, 0) is 0 Å². The number of aliphatic hydroxyl groups is 1. The number of benzene rings is 2. The lowest BCUT2D eigenvalue weighted by molar-refractivity contribution is 0.126. The Morgan fingerprint density at radius 3 is 2.79 bits per heavy atom. The number of hydrogen-bond donors (Lipinski definition) is 1. The monoisotopic (exact) mass is 440 g/mol. The molecule has 0 aliphatic rings. The third-order valence-electron chi connectivity index (χ3n) is 3.73. The van der Waals surface area contributed by atoms with Crippen LogP contribution in [0.5, 0.6) is 11.5 Å². The molecule has 7 nitrogen and oxygen atoms in total. The molecule has 0 saturated heterocycles. The van der Waals surface area contributed by atoms with Gasteiger partial charge in [0.15, 0.2) is 0 Å². The van der Waals surface area contributed by atoms with Crippen molar-refractivity contribution in [3.8, 4) is 17.2 Å². The third-order valence-corrected chi connectivity index (χ3v) is 5.34. The summed E-state index contributed by atoms with van der Waals surface area (Å²) < 4.78 is 12.5. The Morgan fingerprint density at radius 2 is 2.00 bits per heavy atom. The number of methoxy groups -OCH3 is 1. The average molecular weight is 441 g/mol. The quantitative estimate of drug-likeness (QED) is 0.533. The fraction of sp³-hybridized carbons (Fsp3) is 0.278. The van der Waals surface area contributed by atoms with Crippen molar-refractivity contribution in [2.24, 2.45) is 0 Å². The summed E-state index contributed by atoms with van der Waals surface area (Å²) in [5, 5.41) is 23.5. The number of thioether (sulfide) groups is 1. The summed E-state index contributed by atoms with van der Waals surface area (Å²) in [6, 6.07) is 10.7. The zero-order valence-corrected chi connectivity index (χ0v) is 17.5. The van der Waals surface area contributed by atoms with Crippen molar-refractivity contribution in [2.75, 3.05) is 19.5 Å². The molecule has 148 valence electrons. The van der Waals surface area contributed by atoms with Gasteiger partial charge in [0.1, 0.15) is 23.8 Å². The minimum absolute atomic E-state index is 0.0579. The van der Waals surface area contributed by atoms with E-state index in [9.17, 15) is 5.11 Å². The van der Waals surface area contributed by atoms with E-state index in [1.807, 2.05) is 25.1 Å². The van der Waals surface area contributed by atoms with E-state index in [0.717, 1.165) is 11.3 Å². The Hall–Kier alpha value is -2.00. The van der Waals surface area contributed by atoms with Crippen molar-refractivity contribution in [3.05, 3.63) is 52.0 Å². The van der Waals surface area contributed by atoms with Crippen LogP contribution in [0.4, 0.5) is 0 Å². The zero-order chi connectivity index (χ0) is 20.1. The van der Waals surface area contributed by atoms with Crippen LogP contribution in [0, 0.1) is 6.92 Å². The summed E-state index contributed by atoms with van der Waals surface area (Å²) in [5.74, 6) is 1.40. The molecule has 0 fully saturated rings. The second-order valence-corrected chi connectivity index (χ2v) is 7.73. The van der Waals surface area contributed by atoms with E-state index in [-0.39, 0.29) is 6.61 Å². The number of aryl methyl sites for hydroxylation is 1. The Bertz CT molecular complexity index is 954. The van der Waals surface area contributed by atoms with E-state index in [2.05, 4.69) is 15.5 Å². The maximum atomic E-state index is 10.3. The molecule has 0 spiro atoms. The molecule has 1 N–H and O–H groups in total. The Morgan fingerprint density at radius 1 is 1.18 bits per heavy atom. The van der Waals surface area contributed by atoms with Gasteiger partial charge in [0.25, 0.3) is 0 Å². The van der Waals surface area contributed by atoms with Crippen molar-refractivity contribution in [3.63, 3.8) is 0 Å². The van der Waals surface area contributed by atoms with E-state index >= 15 is 0 Å². The molecule has 2 aromatic carbocycles. The number of ether oxygens (including phenoxy) is 2. The first-order valence-electron chi connectivity index (χ1n) is 8.30. The largest absolute Gasteiger partial charge is 0.494 e. The molecule has 0 bridgehead atoms. The van der Waals surface area contributed by atoms with Crippen LogP contribution in [0.2, 0.25) is 10.0 Å². The molecule has 3 aromatic rings. The summed E-state index contributed by atoms with van der Waals surface area (Å²) in [7, 11) is 1.59. The van der Waals surface area contributed by atoms with Crippen LogP contribution < -0.4 is 9.47 Å². The maximum Gasteiger partial charge on any atom is 0.214 e. The Labute approximate surface area is 176 Å². The van der Waals surface area contributed by atoms with Gasteiger partial charge in [0, 0.05) is 16.8 Å². The van der Waals surface area contributed by atoms with E-state index in [1.54, 1.807) is 30.0 Å². The van der Waals surface area contributed by atoms with Crippen molar-refractivity contribution in [1.82, 2.24) is 20.2 Å². The van der Waals surface area contributed by atoms with E-state index in [0.29, 0.717) is 32.5 Å². The third kappa shape index (κ3) is 5.08. The first-order chi connectivity index (χ1) is 13.5. The molecule has 1 heterocycles. The number of hydrogen-bond acceptors (Lipinski definition) is 7. The maximum absolute atomic E-state index is 10.3. The average Bonchev–Trinajstić information content (AvgIpc) is 3.15. The number of rotatable bonds is 8. The van der Waals surface area contributed by atoms with E-state index in [4.69, 9.17) is 32.7 Å². The summed E-state index contributed by atoms with van der Waals surface area (Å²) >= 11 is 13.3. The van der Waals surface area contributed by atoms with Gasteiger partial charge in [0.05, 0.1) is 18.2 Å². The van der Waals surface area contributed by atoms with Gasteiger partial charge >= 0.3 is 0 Å². The molecule has 0 aliphatic carbocycles. The lowest BCUT2D eigenvalue weighted by Crippen LogP contribution is -2.20. The molecule has 0 radical (unpaired) electrons. The van der Waals surface area contributed by atoms with Gasteiger partial charge in [-0.25, -0.2) is 0 Å². The predicted molar refractivity (Wildman–Crippen MR) is 109 cm³/mol. The van der Waals surface area contributed by atoms with E-state index < -0.39 is 6.10 Å². The zero-order valence-electron chi connectivity index (χ0n) is 15.2. The fourth-order valence-corrected chi connectivity index (χ4v) is 3.50. The van der Waals surface area contributed by atoms with Gasteiger partial charge < -0.3 is 14.6 Å². The highest BCUT2D eigenvalue weighted by Gasteiger charge is 2.16. The number of aliphatic hydroxyl groups excluding tert-OH is 1. The number of halogens is 2. The summed E-state index contributed by atoms with van der Waals surface area (Å²) in [4.78, 5) is 0. The summed E-state index contributed by atoms with van der Waals surface area (Å²) in [5.41, 5.74) is 1.78. The second kappa shape index (κ2) is 9.47. The topological polar surface area (TPSA) is 82.3 Å². The molecule has 1 atom stereocenters. The highest BCUT2D eigenvalue weighted by molar-refractivity contribution is 7.99. The van der Waals surface area contributed by atoms with Crippen molar-refractivity contribution in [2.45, 2.75) is 18.2 Å². The van der Waals surface area contributed by atoms with E-state index in [1.165, 1.54) is 11.8 Å². The van der Waals surface area contributed by atoms with Crippen LogP contribution in [0.3, 0.4) is 0 Å². The second-order valence-electron chi connectivity index (χ2n) is 5.90. The molecule has 0 unspecified atom stereocenters. The highest BCUT2D eigenvalue weighted by atomic mass is 35.5. The normalized spacial score (nSPS) is 12.0. The summed E-state index contributed by atoms with van der Waals surface area (Å²) in [6.45, 7) is 2.03. The van der Waals surface area contributed by atoms with Crippen LogP contribution in [0.25, 0.3) is 5.69 Å². The smallest absolute Gasteiger partial charge is 0.214 e. The lowest BCUT2D eigenvalue weighted by Gasteiger charge is -2.14. The Balaban J connectivity index is 1.64. The van der Waals surface area contributed by atoms with Crippen molar-refractivity contribution < 1.29 is 14.6 Å². The lowest BCUT2D eigenvalue weighted by atomic mass is 10.2. The van der Waals surface area contributed by atoms with Crippen LogP contribution in [0.1, 0.15) is 5.56 Å². The molecule has 10 heteroatoms. The molecule has 1 aromatic heterocycles. The molecule has 3 rings (SSSR count). The predicted octanol–water partition coefficient (Wildman–Crippen LogP) is 3.82. The first kappa shape index (κ1) is 20.7. The molecule has 0 amide bonds. The molecule has 0 saturated carbocycles. The van der Waals surface area contributed by atoms with Gasteiger partial charge in [-0.05, 0) is 47.2 Å². The van der Waals surface area contributed by atoms with Gasteiger partial charge in [-0.2, -0.15) is 4.68 Å².